The lowest BCUT2D eigenvalue weighted by atomic mass is 10.1. The number of piperidine rings is 1. The minimum absolute atomic E-state index is 0.783. The van der Waals surface area contributed by atoms with Gasteiger partial charge in [-0.2, -0.15) is 0 Å². The molecule has 17 heavy (non-hydrogen) atoms. The van der Waals surface area contributed by atoms with Crippen LogP contribution in [0.2, 0.25) is 0 Å². The van der Waals surface area contributed by atoms with Crippen LogP contribution in [0.5, 0.6) is 0 Å². The van der Waals surface area contributed by atoms with E-state index < -0.39 is 0 Å². The second kappa shape index (κ2) is 6.43. The Bertz CT molecular complexity index is 346. The maximum atomic E-state index is 5.59. The van der Waals surface area contributed by atoms with Gasteiger partial charge in [-0.1, -0.05) is 17.7 Å². The zero-order valence-electron chi connectivity index (χ0n) is 10.6. The predicted molar refractivity (Wildman–Crippen MR) is 75.6 cm³/mol. The van der Waals surface area contributed by atoms with Gasteiger partial charge in [-0.15, -0.1) is 11.8 Å². The second-order valence-electron chi connectivity index (χ2n) is 4.76. The van der Waals surface area contributed by atoms with E-state index in [4.69, 9.17) is 5.73 Å². The normalized spacial score (nSPS) is 18.5. The number of rotatable bonds is 4. The van der Waals surface area contributed by atoms with Crippen LogP contribution >= 0.6 is 11.8 Å². The highest BCUT2D eigenvalue weighted by Gasteiger charge is 2.19. The van der Waals surface area contributed by atoms with Crippen molar-refractivity contribution in [3.8, 4) is 0 Å². The van der Waals surface area contributed by atoms with Crippen molar-refractivity contribution in [3.63, 3.8) is 0 Å². The van der Waals surface area contributed by atoms with E-state index in [-0.39, 0.29) is 0 Å². The van der Waals surface area contributed by atoms with Crippen LogP contribution in [0.25, 0.3) is 0 Å². The van der Waals surface area contributed by atoms with E-state index in [1.807, 2.05) is 11.8 Å². The molecule has 0 aliphatic carbocycles. The molecule has 1 aromatic carbocycles. The fourth-order valence-electron chi connectivity index (χ4n) is 2.31. The quantitative estimate of drug-likeness (QED) is 0.890. The van der Waals surface area contributed by atoms with Crippen molar-refractivity contribution in [1.82, 2.24) is 4.90 Å². The summed E-state index contributed by atoms with van der Waals surface area (Å²) >= 11 is 2.04. The Balaban J connectivity index is 1.82. The van der Waals surface area contributed by atoms with Gasteiger partial charge in [-0.3, -0.25) is 0 Å². The lowest BCUT2D eigenvalue weighted by Crippen LogP contribution is -2.37. The van der Waals surface area contributed by atoms with Gasteiger partial charge in [0.25, 0.3) is 0 Å². The van der Waals surface area contributed by atoms with Gasteiger partial charge in [0.1, 0.15) is 0 Å². The number of hydrogen-bond acceptors (Lipinski definition) is 3. The Kier molecular flexibility index (Phi) is 4.89. The first kappa shape index (κ1) is 12.9. The predicted octanol–water partition coefficient (Wildman–Crippen LogP) is 2.51. The van der Waals surface area contributed by atoms with Crippen molar-refractivity contribution in [2.45, 2.75) is 29.9 Å². The summed E-state index contributed by atoms with van der Waals surface area (Å²) < 4.78 is 0. The van der Waals surface area contributed by atoms with Crippen LogP contribution in [0, 0.1) is 6.92 Å². The van der Waals surface area contributed by atoms with Gasteiger partial charge in [0, 0.05) is 23.2 Å². The zero-order valence-corrected chi connectivity index (χ0v) is 11.4. The molecule has 94 valence electrons. The SMILES string of the molecule is Cc1cccc(SC2CCN(CCN)CC2)c1. The van der Waals surface area contributed by atoms with Gasteiger partial charge < -0.3 is 10.6 Å². The molecule has 0 amide bonds. The number of aryl methyl sites for hydroxylation is 1. The molecular weight excluding hydrogens is 228 g/mol. The van der Waals surface area contributed by atoms with Crippen molar-refractivity contribution in [2.75, 3.05) is 26.2 Å². The van der Waals surface area contributed by atoms with E-state index in [9.17, 15) is 0 Å². The molecule has 1 aliphatic heterocycles. The van der Waals surface area contributed by atoms with Crippen LogP contribution in [0.1, 0.15) is 18.4 Å². The minimum Gasteiger partial charge on any atom is -0.329 e. The molecule has 1 aliphatic rings. The van der Waals surface area contributed by atoms with E-state index in [0.29, 0.717) is 0 Å². The molecule has 0 atom stereocenters. The topological polar surface area (TPSA) is 29.3 Å². The Morgan fingerprint density at radius 3 is 2.76 bits per heavy atom. The van der Waals surface area contributed by atoms with E-state index in [2.05, 4.69) is 36.1 Å². The molecule has 2 rings (SSSR count). The number of likely N-dealkylation sites (tertiary alicyclic amines) is 1. The van der Waals surface area contributed by atoms with E-state index in [1.54, 1.807) is 0 Å². The smallest absolute Gasteiger partial charge is 0.0119 e. The molecule has 2 N–H and O–H groups in total. The summed E-state index contributed by atoms with van der Waals surface area (Å²) in [5, 5.41) is 0.783. The Morgan fingerprint density at radius 1 is 1.35 bits per heavy atom. The maximum absolute atomic E-state index is 5.59. The van der Waals surface area contributed by atoms with Crippen molar-refractivity contribution in [3.05, 3.63) is 29.8 Å². The third-order valence-electron chi connectivity index (χ3n) is 3.27. The monoisotopic (exact) mass is 250 g/mol. The van der Waals surface area contributed by atoms with E-state index >= 15 is 0 Å². The van der Waals surface area contributed by atoms with Crippen LogP contribution in [-0.2, 0) is 0 Å². The average Bonchev–Trinajstić information content (AvgIpc) is 2.32. The van der Waals surface area contributed by atoms with E-state index in [1.165, 1.54) is 36.4 Å². The van der Waals surface area contributed by atoms with Crippen molar-refractivity contribution < 1.29 is 0 Å². The fraction of sp³-hybridized carbons (Fsp3) is 0.571. The first-order valence-electron chi connectivity index (χ1n) is 6.43. The molecule has 0 aromatic heterocycles. The molecule has 1 heterocycles. The summed E-state index contributed by atoms with van der Waals surface area (Å²) in [6, 6.07) is 8.83. The van der Waals surface area contributed by atoms with Crippen molar-refractivity contribution >= 4 is 11.8 Å². The fourth-order valence-corrected chi connectivity index (χ4v) is 3.56. The first-order chi connectivity index (χ1) is 8.28. The molecule has 1 fully saturated rings. The molecule has 1 saturated heterocycles. The molecule has 3 heteroatoms. The molecular formula is C14H22N2S. The lowest BCUT2D eigenvalue weighted by molar-refractivity contribution is 0.239. The highest BCUT2D eigenvalue weighted by atomic mass is 32.2. The highest BCUT2D eigenvalue weighted by molar-refractivity contribution is 8.00. The first-order valence-corrected chi connectivity index (χ1v) is 7.31. The van der Waals surface area contributed by atoms with Crippen LogP contribution < -0.4 is 5.73 Å². The van der Waals surface area contributed by atoms with Gasteiger partial charge in [0.15, 0.2) is 0 Å². The highest BCUT2D eigenvalue weighted by Crippen LogP contribution is 2.30. The van der Waals surface area contributed by atoms with E-state index in [0.717, 1.165) is 18.3 Å². The molecule has 0 spiro atoms. The average molecular weight is 250 g/mol. The molecule has 0 unspecified atom stereocenters. The Morgan fingerprint density at radius 2 is 2.12 bits per heavy atom. The minimum atomic E-state index is 0.783. The summed E-state index contributed by atoms with van der Waals surface area (Å²) in [6.07, 6.45) is 2.58. The second-order valence-corrected chi connectivity index (χ2v) is 6.14. The lowest BCUT2D eigenvalue weighted by Gasteiger charge is -2.31. The Labute approximate surface area is 109 Å². The van der Waals surface area contributed by atoms with Crippen molar-refractivity contribution in [1.29, 1.82) is 0 Å². The van der Waals surface area contributed by atoms with Gasteiger partial charge in [-0.05, 0) is 45.0 Å². The van der Waals surface area contributed by atoms with Gasteiger partial charge >= 0.3 is 0 Å². The summed E-state index contributed by atoms with van der Waals surface area (Å²) in [6.45, 7) is 6.42. The summed E-state index contributed by atoms with van der Waals surface area (Å²) in [7, 11) is 0. The van der Waals surface area contributed by atoms with Crippen LogP contribution in [0.3, 0.4) is 0 Å². The molecule has 2 nitrogen and oxygen atoms in total. The zero-order chi connectivity index (χ0) is 12.1. The Hall–Kier alpha value is -0.510. The maximum Gasteiger partial charge on any atom is 0.0119 e. The summed E-state index contributed by atoms with van der Waals surface area (Å²) in [5.41, 5.74) is 6.94. The van der Waals surface area contributed by atoms with Crippen LogP contribution in [0.15, 0.2) is 29.2 Å². The van der Waals surface area contributed by atoms with Crippen LogP contribution in [0.4, 0.5) is 0 Å². The number of nitrogens with two attached hydrogens (primary N) is 1. The molecule has 1 aromatic rings. The van der Waals surface area contributed by atoms with Crippen LogP contribution in [-0.4, -0.2) is 36.3 Å². The summed E-state index contributed by atoms with van der Waals surface area (Å²) in [4.78, 5) is 3.90. The standard InChI is InChI=1S/C14H22N2S/c1-12-3-2-4-14(11-12)17-13-5-8-16(9-6-13)10-7-15/h2-4,11,13H,5-10,15H2,1H3. The van der Waals surface area contributed by atoms with Gasteiger partial charge in [0.05, 0.1) is 0 Å². The summed E-state index contributed by atoms with van der Waals surface area (Å²) in [5.74, 6) is 0. The number of benzene rings is 1. The number of hydrogen-bond donors (Lipinski definition) is 1. The molecule has 0 radical (unpaired) electrons. The molecule has 0 saturated carbocycles. The number of nitrogens with zero attached hydrogens (tertiary/aromatic N) is 1. The third-order valence-corrected chi connectivity index (χ3v) is 4.60. The molecule has 0 bridgehead atoms. The van der Waals surface area contributed by atoms with Crippen molar-refractivity contribution in [2.24, 2.45) is 5.73 Å². The number of thioether (sulfide) groups is 1. The van der Waals surface area contributed by atoms with Gasteiger partial charge in [0.2, 0.25) is 0 Å². The van der Waals surface area contributed by atoms with Gasteiger partial charge in [-0.25, -0.2) is 0 Å². The third kappa shape index (κ3) is 4.02. The largest absolute Gasteiger partial charge is 0.329 e.